The highest BCUT2D eigenvalue weighted by Gasteiger charge is 2.45. The van der Waals surface area contributed by atoms with E-state index in [1.165, 1.54) is 4.57 Å². The fourth-order valence-electron chi connectivity index (χ4n) is 2.68. The first-order valence-corrected chi connectivity index (χ1v) is 7.38. The van der Waals surface area contributed by atoms with E-state index >= 15 is 0 Å². The summed E-state index contributed by atoms with van der Waals surface area (Å²) < 4.78 is 6.79. The number of amides is 1. The summed E-state index contributed by atoms with van der Waals surface area (Å²) in [7, 11) is 0. The number of nitrogens with zero attached hydrogens (tertiary/aromatic N) is 2. The Bertz CT molecular complexity index is 679. The second-order valence-electron chi connectivity index (χ2n) is 5.05. The van der Waals surface area contributed by atoms with Gasteiger partial charge < -0.3 is 20.7 Å². The van der Waals surface area contributed by atoms with Gasteiger partial charge in [0.25, 0.3) is 5.91 Å². The van der Waals surface area contributed by atoms with Crippen LogP contribution in [0.15, 0.2) is 9.79 Å². The molecule has 2 aliphatic heterocycles. The predicted octanol–water partition coefficient (Wildman–Crippen LogP) is -1.01. The molecule has 0 aliphatic carbocycles. The Morgan fingerprint density at radius 3 is 2.76 bits per heavy atom. The number of aliphatic hydroxyl groups is 2. The van der Waals surface area contributed by atoms with Gasteiger partial charge >= 0.3 is 4.87 Å². The standard InChI is InChI=1S/C12H15N3O5S/c1-2-5-7(16)8(17)11(20-5)15-4-3-6(13)14-10(18)9(4)21-12(15)19/h5,7-8,11,16-17H,2-3H2,1H3,(H2,13,14,18)/t5-,7-,8-,11-/m1/s1. The number of aliphatic imine (C=N–C) groups is 1. The molecule has 1 aromatic rings. The fraction of sp³-hybridized carbons (Fsp3) is 0.583. The lowest BCUT2D eigenvalue weighted by molar-refractivity contribution is -0.0400. The number of hydrogen-bond acceptors (Lipinski definition) is 7. The first kappa shape index (κ1) is 14.4. The number of nitrogens with two attached hydrogens (primary N) is 1. The maximum atomic E-state index is 12.2. The Kier molecular flexibility index (Phi) is 3.44. The van der Waals surface area contributed by atoms with Crippen LogP contribution < -0.4 is 10.6 Å². The minimum atomic E-state index is -1.23. The van der Waals surface area contributed by atoms with E-state index in [2.05, 4.69) is 4.99 Å². The summed E-state index contributed by atoms with van der Waals surface area (Å²) in [5.74, 6) is -0.450. The van der Waals surface area contributed by atoms with Crippen molar-refractivity contribution in [2.45, 2.75) is 44.3 Å². The molecule has 21 heavy (non-hydrogen) atoms. The molecule has 0 aromatic carbocycles. The number of thiazole rings is 1. The number of amidine groups is 1. The van der Waals surface area contributed by atoms with Crippen molar-refractivity contribution in [1.82, 2.24) is 4.57 Å². The number of hydrogen-bond donors (Lipinski definition) is 3. The molecular weight excluding hydrogens is 298 g/mol. The van der Waals surface area contributed by atoms with Gasteiger partial charge in [0.1, 0.15) is 22.9 Å². The summed E-state index contributed by atoms with van der Waals surface area (Å²) in [4.78, 5) is 27.3. The van der Waals surface area contributed by atoms with E-state index in [1.807, 2.05) is 6.92 Å². The summed E-state index contributed by atoms with van der Waals surface area (Å²) in [5.41, 5.74) is 5.98. The summed E-state index contributed by atoms with van der Waals surface area (Å²) in [6.45, 7) is 1.81. The van der Waals surface area contributed by atoms with Crippen LogP contribution in [0.25, 0.3) is 0 Å². The van der Waals surface area contributed by atoms with Crippen LogP contribution in [0, 0.1) is 0 Å². The third-order valence-corrected chi connectivity index (χ3v) is 4.71. The monoisotopic (exact) mass is 313 g/mol. The van der Waals surface area contributed by atoms with E-state index in [1.54, 1.807) is 0 Å². The largest absolute Gasteiger partial charge is 0.388 e. The number of carbonyl (C=O) groups excluding carboxylic acids is 1. The minimum absolute atomic E-state index is 0.110. The van der Waals surface area contributed by atoms with Gasteiger partial charge in [0.2, 0.25) is 0 Å². The lowest BCUT2D eigenvalue weighted by atomic mass is 10.1. The molecule has 9 heteroatoms. The molecule has 0 spiro atoms. The molecule has 8 nitrogen and oxygen atoms in total. The van der Waals surface area contributed by atoms with Crippen LogP contribution in [0.1, 0.15) is 34.9 Å². The molecule has 2 aliphatic rings. The second-order valence-corrected chi connectivity index (χ2v) is 6.02. The van der Waals surface area contributed by atoms with Crippen molar-refractivity contribution < 1.29 is 19.7 Å². The van der Waals surface area contributed by atoms with Crippen molar-refractivity contribution in [3.05, 3.63) is 20.2 Å². The van der Waals surface area contributed by atoms with Gasteiger partial charge in [-0.3, -0.25) is 14.2 Å². The number of carbonyl (C=O) groups is 1. The average molecular weight is 313 g/mol. The molecule has 0 radical (unpaired) electrons. The van der Waals surface area contributed by atoms with E-state index in [0.717, 1.165) is 11.3 Å². The SMILES string of the molecule is CC[C@H]1O[C@@H](n2c3c(sc2=O)C(=O)N=C(N)C3)[C@H](O)[C@@H]1O. The third kappa shape index (κ3) is 2.13. The summed E-state index contributed by atoms with van der Waals surface area (Å²) in [5, 5.41) is 20.0. The van der Waals surface area contributed by atoms with Crippen LogP contribution in [0.2, 0.25) is 0 Å². The highest BCUT2D eigenvalue weighted by atomic mass is 32.1. The minimum Gasteiger partial charge on any atom is -0.388 e. The lowest BCUT2D eigenvalue weighted by Crippen LogP contribution is -2.35. The van der Waals surface area contributed by atoms with Crippen LogP contribution in [0.4, 0.5) is 0 Å². The predicted molar refractivity (Wildman–Crippen MR) is 74.5 cm³/mol. The van der Waals surface area contributed by atoms with Crippen LogP contribution in [-0.2, 0) is 11.2 Å². The zero-order valence-electron chi connectivity index (χ0n) is 11.2. The Hall–Kier alpha value is -1.55. The highest BCUT2D eigenvalue weighted by molar-refractivity contribution is 7.11. The highest BCUT2D eigenvalue weighted by Crippen LogP contribution is 2.33. The maximum absolute atomic E-state index is 12.2. The number of aliphatic hydroxyl groups excluding tert-OH is 2. The molecule has 4 atom stereocenters. The molecule has 1 saturated heterocycles. The molecule has 3 rings (SSSR count). The van der Waals surface area contributed by atoms with Crippen molar-refractivity contribution >= 4 is 23.1 Å². The van der Waals surface area contributed by atoms with Crippen molar-refractivity contribution in [3.63, 3.8) is 0 Å². The lowest BCUT2D eigenvalue weighted by Gasteiger charge is -2.19. The fourth-order valence-corrected chi connectivity index (χ4v) is 3.59. The van der Waals surface area contributed by atoms with E-state index < -0.39 is 35.3 Å². The van der Waals surface area contributed by atoms with Crippen LogP contribution >= 0.6 is 11.3 Å². The van der Waals surface area contributed by atoms with Crippen LogP contribution in [0.5, 0.6) is 0 Å². The normalized spacial score (nSPS) is 32.1. The van der Waals surface area contributed by atoms with Crippen LogP contribution in [0.3, 0.4) is 0 Å². The first-order valence-electron chi connectivity index (χ1n) is 6.57. The topological polar surface area (TPSA) is 127 Å². The summed E-state index contributed by atoms with van der Waals surface area (Å²) in [6.07, 6.45) is -3.25. The molecule has 0 unspecified atom stereocenters. The number of fused-ring (bicyclic) bond motifs is 1. The van der Waals surface area contributed by atoms with Gasteiger partial charge in [0.15, 0.2) is 6.23 Å². The van der Waals surface area contributed by atoms with Crippen LogP contribution in [-0.4, -0.2) is 44.8 Å². The van der Waals surface area contributed by atoms with Crippen molar-refractivity contribution in [1.29, 1.82) is 0 Å². The molecule has 0 saturated carbocycles. The molecule has 1 aromatic heterocycles. The number of rotatable bonds is 2. The van der Waals surface area contributed by atoms with E-state index in [9.17, 15) is 19.8 Å². The zero-order chi connectivity index (χ0) is 15.3. The van der Waals surface area contributed by atoms with Gasteiger partial charge in [-0.05, 0) is 6.42 Å². The molecule has 114 valence electrons. The Balaban J connectivity index is 2.06. The van der Waals surface area contributed by atoms with Gasteiger partial charge in [-0.25, -0.2) is 0 Å². The first-order chi connectivity index (χ1) is 9.93. The van der Waals surface area contributed by atoms with Crippen molar-refractivity contribution in [3.8, 4) is 0 Å². The van der Waals surface area contributed by atoms with Crippen molar-refractivity contribution in [2.75, 3.05) is 0 Å². The molecule has 1 amide bonds. The van der Waals surface area contributed by atoms with Crippen molar-refractivity contribution in [2.24, 2.45) is 10.7 Å². The van der Waals surface area contributed by atoms with E-state index in [0.29, 0.717) is 12.1 Å². The average Bonchev–Trinajstić information content (AvgIpc) is 2.89. The smallest absolute Gasteiger partial charge is 0.310 e. The molecule has 1 fully saturated rings. The van der Waals surface area contributed by atoms with Gasteiger partial charge in [0.05, 0.1) is 11.8 Å². The molecule has 3 heterocycles. The summed E-state index contributed by atoms with van der Waals surface area (Å²) >= 11 is 0.748. The molecule has 0 bridgehead atoms. The molecule has 4 N–H and O–H groups in total. The number of ether oxygens (including phenoxy) is 1. The summed E-state index contributed by atoms with van der Waals surface area (Å²) in [6, 6.07) is 0. The quantitative estimate of drug-likeness (QED) is 0.642. The van der Waals surface area contributed by atoms with Gasteiger partial charge in [-0.15, -0.1) is 0 Å². The Morgan fingerprint density at radius 2 is 2.14 bits per heavy atom. The Labute approximate surface area is 123 Å². The third-order valence-electron chi connectivity index (χ3n) is 3.72. The van der Waals surface area contributed by atoms with E-state index in [4.69, 9.17) is 10.5 Å². The number of aromatic nitrogens is 1. The Morgan fingerprint density at radius 1 is 1.43 bits per heavy atom. The second kappa shape index (κ2) is 5.02. The molecular formula is C12H15N3O5S. The van der Waals surface area contributed by atoms with Gasteiger partial charge in [-0.2, -0.15) is 4.99 Å². The van der Waals surface area contributed by atoms with E-state index in [-0.39, 0.29) is 17.1 Å². The maximum Gasteiger partial charge on any atom is 0.310 e. The van der Waals surface area contributed by atoms with Gasteiger partial charge in [-0.1, -0.05) is 18.3 Å². The van der Waals surface area contributed by atoms with Gasteiger partial charge in [0, 0.05) is 6.42 Å². The zero-order valence-corrected chi connectivity index (χ0v) is 12.0.